The molecule has 0 radical (unpaired) electrons. The molecule has 206 valence electrons. The van der Waals surface area contributed by atoms with Gasteiger partial charge in [0, 0.05) is 12.8 Å². The Bertz CT molecular complexity index is 951. The normalized spacial score (nSPS) is 15.1. The Morgan fingerprint density at radius 1 is 0.865 bits per heavy atom. The molecule has 8 N–H and O–H groups in total. The standard InChI is InChI=1S/C25H38N4O8/c1-5-14(4)21(29-23(34)20(26)13(2)3)24(35)27-17(10-11-19(31)32)22(33)28-18(25(36)37)12-15-6-8-16(30)9-7-15/h6-9,13-14,17-18,20-21,30H,5,10-12,26H2,1-4H3,(H,27,35)(H,28,33)(H,29,34)(H,31,32)(H,36,37). The number of phenolic OH excluding ortho intramolecular Hbond substituents is 1. The summed E-state index contributed by atoms with van der Waals surface area (Å²) in [5.74, 6) is -5.21. The molecule has 1 aromatic carbocycles. The predicted molar refractivity (Wildman–Crippen MR) is 134 cm³/mol. The van der Waals surface area contributed by atoms with Crippen molar-refractivity contribution in [1.29, 1.82) is 0 Å². The molecule has 0 aromatic heterocycles. The van der Waals surface area contributed by atoms with Gasteiger partial charge >= 0.3 is 11.9 Å². The molecule has 0 bridgehead atoms. The second-order valence-electron chi connectivity index (χ2n) is 9.41. The molecule has 37 heavy (non-hydrogen) atoms. The van der Waals surface area contributed by atoms with Crippen LogP contribution in [-0.2, 0) is 30.4 Å². The first-order valence-corrected chi connectivity index (χ1v) is 12.2. The SMILES string of the molecule is CCC(C)C(NC(=O)C(N)C(C)C)C(=O)NC(CCC(=O)O)C(=O)NC(Cc1ccc(O)cc1)C(=O)O. The van der Waals surface area contributed by atoms with Crippen molar-refractivity contribution in [2.24, 2.45) is 17.6 Å². The van der Waals surface area contributed by atoms with Crippen LogP contribution in [0.25, 0.3) is 0 Å². The minimum atomic E-state index is -1.38. The number of nitrogens with one attached hydrogen (secondary N) is 3. The van der Waals surface area contributed by atoms with Gasteiger partial charge in [-0.2, -0.15) is 0 Å². The molecule has 0 aliphatic heterocycles. The number of hydrogen-bond donors (Lipinski definition) is 7. The van der Waals surface area contributed by atoms with Gasteiger partial charge in [0.2, 0.25) is 17.7 Å². The van der Waals surface area contributed by atoms with Gasteiger partial charge in [-0.3, -0.25) is 19.2 Å². The average Bonchev–Trinajstić information content (AvgIpc) is 2.84. The molecule has 0 spiro atoms. The van der Waals surface area contributed by atoms with Crippen molar-refractivity contribution in [1.82, 2.24) is 16.0 Å². The van der Waals surface area contributed by atoms with E-state index in [1.807, 2.05) is 6.92 Å². The van der Waals surface area contributed by atoms with Crippen LogP contribution >= 0.6 is 0 Å². The summed E-state index contributed by atoms with van der Waals surface area (Å²) in [6, 6.07) is 1.10. The molecule has 5 atom stereocenters. The van der Waals surface area contributed by atoms with Crippen LogP contribution in [-0.4, -0.2) is 69.1 Å². The lowest BCUT2D eigenvalue weighted by Gasteiger charge is -2.28. The van der Waals surface area contributed by atoms with E-state index >= 15 is 0 Å². The van der Waals surface area contributed by atoms with Gasteiger partial charge in [0.05, 0.1) is 6.04 Å². The Labute approximate surface area is 216 Å². The first-order chi connectivity index (χ1) is 17.3. The van der Waals surface area contributed by atoms with Crippen LogP contribution in [0.4, 0.5) is 0 Å². The molecule has 3 amide bonds. The van der Waals surface area contributed by atoms with Crippen LogP contribution in [0.2, 0.25) is 0 Å². The molecule has 0 saturated carbocycles. The quantitative estimate of drug-likeness (QED) is 0.169. The fraction of sp³-hybridized carbons (Fsp3) is 0.560. The van der Waals surface area contributed by atoms with E-state index in [-0.39, 0.29) is 30.4 Å². The van der Waals surface area contributed by atoms with Crippen molar-refractivity contribution in [3.63, 3.8) is 0 Å². The number of rotatable bonds is 15. The molecule has 0 aliphatic carbocycles. The molecule has 0 saturated heterocycles. The number of aromatic hydroxyl groups is 1. The van der Waals surface area contributed by atoms with Crippen LogP contribution in [0.5, 0.6) is 5.75 Å². The minimum absolute atomic E-state index is 0.00610. The zero-order chi connectivity index (χ0) is 28.3. The van der Waals surface area contributed by atoms with E-state index in [0.717, 1.165) is 0 Å². The number of benzene rings is 1. The van der Waals surface area contributed by atoms with Crippen LogP contribution in [0.15, 0.2) is 24.3 Å². The highest BCUT2D eigenvalue weighted by Crippen LogP contribution is 2.13. The summed E-state index contributed by atoms with van der Waals surface area (Å²) in [5, 5.41) is 35.6. The van der Waals surface area contributed by atoms with Gasteiger partial charge in [0.1, 0.15) is 23.9 Å². The fourth-order valence-electron chi connectivity index (χ4n) is 3.39. The van der Waals surface area contributed by atoms with Gasteiger partial charge in [0.15, 0.2) is 0 Å². The number of amides is 3. The summed E-state index contributed by atoms with van der Waals surface area (Å²) in [6.07, 6.45) is -0.369. The average molecular weight is 523 g/mol. The number of carboxylic acids is 2. The minimum Gasteiger partial charge on any atom is -0.508 e. The maximum absolute atomic E-state index is 13.1. The Kier molecular flexibility index (Phi) is 12.5. The number of phenols is 1. The summed E-state index contributed by atoms with van der Waals surface area (Å²) in [5.41, 5.74) is 6.42. The third-order valence-corrected chi connectivity index (χ3v) is 6.08. The van der Waals surface area contributed by atoms with E-state index in [2.05, 4.69) is 16.0 Å². The van der Waals surface area contributed by atoms with Gasteiger partial charge in [0.25, 0.3) is 0 Å². The molecule has 0 heterocycles. The van der Waals surface area contributed by atoms with E-state index in [1.165, 1.54) is 24.3 Å². The van der Waals surface area contributed by atoms with Crippen LogP contribution in [0.3, 0.4) is 0 Å². The number of aliphatic carboxylic acids is 2. The van der Waals surface area contributed by atoms with Crippen LogP contribution in [0, 0.1) is 11.8 Å². The van der Waals surface area contributed by atoms with E-state index in [9.17, 15) is 34.2 Å². The topological polar surface area (TPSA) is 208 Å². The highest BCUT2D eigenvalue weighted by Gasteiger charge is 2.33. The van der Waals surface area contributed by atoms with Crippen molar-refractivity contribution in [3.8, 4) is 5.75 Å². The molecular formula is C25H38N4O8. The van der Waals surface area contributed by atoms with Crippen molar-refractivity contribution in [2.45, 2.75) is 77.5 Å². The lowest BCUT2D eigenvalue weighted by atomic mass is 9.96. The maximum Gasteiger partial charge on any atom is 0.326 e. The zero-order valence-electron chi connectivity index (χ0n) is 21.6. The summed E-state index contributed by atoms with van der Waals surface area (Å²) in [7, 11) is 0. The lowest BCUT2D eigenvalue weighted by Crippen LogP contribution is -2.59. The summed E-state index contributed by atoms with van der Waals surface area (Å²) < 4.78 is 0. The fourth-order valence-corrected chi connectivity index (χ4v) is 3.39. The first kappa shape index (κ1) is 31.4. The van der Waals surface area contributed by atoms with Crippen molar-refractivity contribution < 1.29 is 39.3 Å². The third kappa shape index (κ3) is 10.5. The molecule has 1 aromatic rings. The third-order valence-electron chi connectivity index (χ3n) is 6.08. The number of hydrogen-bond acceptors (Lipinski definition) is 7. The molecular weight excluding hydrogens is 484 g/mol. The number of carbonyl (C=O) groups is 5. The summed E-state index contributed by atoms with van der Waals surface area (Å²) in [4.78, 5) is 61.6. The van der Waals surface area contributed by atoms with Crippen molar-refractivity contribution in [2.75, 3.05) is 0 Å². The highest BCUT2D eigenvalue weighted by atomic mass is 16.4. The molecule has 0 fully saturated rings. The molecule has 12 heteroatoms. The first-order valence-electron chi connectivity index (χ1n) is 12.2. The second-order valence-corrected chi connectivity index (χ2v) is 9.41. The summed E-state index contributed by atoms with van der Waals surface area (Å²) in [6.45, 7) is 7.06. The Balaban J connectivity index is 3.08. The van der Waals surface area contributed by atoms with Gasteiger partial charge in [-0.1, -0.05) is 46.2 Å². The predicted octanol–water partition coefficient (Wildman–Crippen LogP) is 0.368. The molecule has 5 unspecified atom stereocenters. The van der Waals surface area contributed by atoms with E-state index in [4.69, 9.17) is 10.8 Å². The van der Waals surface area contributed by atoms with E-state index in [0.29, 0.717) is 12.0 Å². The van der Waals surface area contributed by atoms with Gasteiger partial charge in [-0.25, -0.2) is 4.79 Å². The Morgan fingerprint density at radius 3 is 1.92 bits per heavy atom. The van der Waals surface area contributed by atoms with Crippen molar-refractivity contribution in [3.05, 3.63) is 29.8 Å². The van der Waals surface area contributed by atoms with Crippen molar-refractivity contribution >= 4 is 29.7 Å². The van der Waals surface area contributed by atoms with Gasteiger partial charge < -0.3 is 37.0 Å². The smallest absolute Gasteiger partial charge is 0.326 e. The molecule has 0 aliphatic rings. The molecule has 1 rings (SSSR count). The van der Waals surface area contributed by atoms with Gasteiger partial charge in [-0.15, -0.1) is 0 Å². The van der Waals surface area contributed by atoms with E-state index < -0.39 is 60.2 Å². The van der Waals surface area contributed by atoms with Gasteiger partial charge in [-0.05, 0) is 36.0 Å². The maximum atomic E-state index is 13.1. The highest BCUT2D eigenvalue weighted by molar-refractivity contribution is 5.94. The number of carboxylic acid groups (broad SMARTS) is 2. The Morgan fingerprint density at radius 2 is 1.43 bits per heavy atom. The largest absolute Gasteiger partial charge is 0.508 e. The lowest BCUT2D eigenvalue weighted by molar-refractivity contribution is -0.143. The zero-order valence-corrected chi connectivity index (χ0v) is 21.6. The van der Waals surface area contributed by atoms with Crippen LogP contribution in [0.1, 0.15) is 52.5 Å². The Hall–Kier alpha value is -3.67. The van der Waals surface area contributed by atoms with Crippen LogP contribution < -0.4 is 21.7 Å². The van der Waals surface area contributed by atoms with E-state index in [1.54, 1.807) is 20.8 Å². The monoisotopic (exact) mass is 522 g/mol. The second kappa shape index (κ2) is 14.8. The summed E-state index contributed by atoms with van der Waals surface area (Å²) >= 11 is 0. The number of carbonyl (C=O) groups excluding carboxylic acids is 3. The number of nitrogens with two attached hydrogens (primary N) is 1. The molecule has 12 nitrogen and oxygen atoms in total.